The molecule has 2 aromatic heterocycles. The van der Waals surface area contributed by atoms with Crippen molar-refractivity contribution in [1.29, 1.82) is 0 Å². The van der Waals surface area contributed by atoms with Gasteiger partial charge in [-0.3, -0.25) is 4.79 Å². The van der Waals surface area contributed by atoms with Gasteiger partial charge in [-0.2, -0.15) is 4.98 Å². The zero-order chi connectivity index (χ0) is 17.0. The lowest BCUT2D eigenvalue weighted by atomic mass is 10.1. The van der Waals surface area contributed by atoms with Gasteiger partial charge in [0.05, 0.1) is 16.6 Å². The minimum atomic E-state index is -0.171. The van der Waals surface area contributed by atoms with Gasteiger partial charge in [0.25, 0.3) is 5.56 Å². The Bertz CT molecular complexity index is 1210. The highest BCUT2D eigenvalue weighted by Gasteiger charge is 2.24. The van der Waals surface area contributed by atoms with Crippen LogP contribution in [0.1, 0.15) is 12.0 Å². The van der Waals surface area contributed by atoms with E-state index in [4.69, 9.17) is 0 Å². The van der Waals surface area contributed by atoms with Crippen molar-refractivity contribution in [2.24, 2.45) is 0 Å². The molecule has 0 aliphatic carbocycles. The normalized spacial score (nSPS) is 13.4. The lowest BCUT2D eigenvalue weighted by Gasteiger charge is -2.13. The van der Waals surface area contributed by atoms with E-state index < -0.39 is 0 Å². The van der Waals surface area contributed by atoms with Crippen LogP contribution in [-0.2, 0) is 13.1 Å². The SMILES string of the molecule is C=Cc1c2n(c3ccccc13)CCCn1c-2nc(=O)c2ccccc21. The van der Waals surface area contributed by atoms with E-state index in [9.17, 15) is 4.79 Å². The molecule has 1 aliphatic rings. The molecule has 0 saturated carbocycles. The van der Waals surface area contributed by atoms with E-state index in [1.54, 1.807) is 0 Å². The maximum atomic E-state index is 12.6. The van der Waals surface area contributed by atoms with Crippen molar-refractivity contribution in [2.75, 3.05) is 0 Å². The predicted molar refractivity (Wildman–Crippen MR) is 102 cm³/mol. The van der Waals surface area contributed by atoms with E-state index in [0.29, 0.717) is 5.39 Å². The molecule has 4 heteroatoms. The summed E-state index contributed by atoms with van der Waals surface area (Å²) >= 11 is 0. The second-order valence-electron chi connectivity index (χ2n) is 6.40. The first-order valence-electron chi connectivity index (χ1n) is 8.53. The fraction of sp³-hybridized carbons (Fsp3) is 0.143. The number of hydrogen-bond donors (Lipinski definition) is 0. The van der Waals surface area contributed by atoms with Gasteiger partial charge >= 0.3 is 0 Å². The maximum absolute atomic E-state index is 12.6. The number of aromatic nitrogens is 3. The molecule has 0 fully saturated rings. The largest absolute Gasteiger partial charge is 0.337 e. The zero-order valence-corrected chi connectivity index (χ0v) is 13.8. The molecule has 3 heterocycles. The molecule has 4 aromatic rings. The number of rotatable bonds is 1. The standard InChI is InChI=1S/C21H17N3O/c1-2-14-15-8-3-5-10-17(15)23-12-7-13-24-18-11-6-4-9-16(18)21(25)22-20(24)19(14)23/h2-6,8-11H,1,7,12-13H2. The van der Waals surface area contributed by atoms with Crippen LogP contribution in [0.25, 0.3) is 39.4 Å². The highest BCUT2D eigenvalue weighted by Crippen LogP contribution is 2.36. The molecule has 0 amide bonds. The van der Waals surface area contributed by atoms with Gasteiger partial charge in [-0.05, 0) is 24.6 Å². The van der Waals surface area contributed by atoms with Crippen LogP contribution in [0.2, 0.25) is 0 Å². The molecule has 0 N–H and O–H groups in total. The summed E-state index contributed by atoms with van der Waals surface area (Å²) in [5.74, 6) is 0.743. The summed E-state index contributed by atoms with van der Waals surface area (Å²) in [4.78, 5) is 17.1. The van der Waals surface area contributed by atoms with E-state index in [0.717, 1.165) is 47.5 Å². The molecule has 0 radical (unpaired) electrons. The van der Waals surface area contributed by atoms with Crippen molar-refractivity contribution in [3.63, 3.8) is 0 Å². The van der Waals surface area contributed by atoms with Crippen LogP contribution in [0.3, 0.4) is 0 Å². The zero-order valence-electron chi connectivity index (χ0n) is 13.8. The topological polar surface area (TPSA) is 39.8 Å². The number of para-hydroxylation sites is 2. The maximum Gasteiger partial charge on any atom is 0.281 e. The minimum Gasteiger partial charge on any atom is -0.337 e. The Balaban J connectivity index is 2.00. The molecule has 0 saturated heterocycles. The van der Waals surface area contributed by atoms with Crippen LogP contribution in [0, 0.1) is 0 Å². The Labute approximate surface area is 144 Å². The number of hydrogen-bond acceptors (Lipinski definition) is 2. The molecule has 25 heavy (non-hydrogen) atoms. The van der Waals surface area contributed by atoms with Gasteiger partial charge in [0.15, 0.2) is 5.82 Å². The van der Waals surface area contributed by atoms with Crippen LogP contribution in [0.4, 0.5) is 0 Å². The summed E-state index contributed by atoms with van der Waals surface area (Å²) in [7, 11) is 0. The van der Waals surface area contributed by atoms with E-state index in [1.165, 1.54) is 5.52 Å². The number of nitrogens with zero attached hydrogens (tertiary/aromatic N) is 3. The van der Waals surface area contributed by atoms with Crippen LogP contribution in [-0.4, -0.2) is 14.1 Å². The average molecular weight is 327 g/mol. The van der Waals surface area contributed by atoms with Gasteiger partial charge < -0.3 is 9.13 Å². The van der Waals surface area contributed by atoms with Gasteiger partial charge in [-0.1, -0.05) is 43.0 Å². The van der Waals surface area contributed by atoms with E-state index >= 15 is 0 Å². The molecular formula is C21H17N3O. The minimum absolute atomic E-state index is 0.171. The Morgan fingerprint density at radius 3 is 2.32 bits per heavy atom. The molecule has 2 aromatic carbocycles. The third-order valence-corrected chi connectivity index (χ3v) is 5.08. The molecule has 0 spiro atoms. The molecule has 0 atom stereocenters. The third kappa shape index (κ3) is 1.88. The Morgan fingerprint density at radius 1 is 0.920 bits per heavy atom. The second-order valence-corrected chi connectivity index (χ2v) is 6.40. The second kappa shape index (κ2) is 5.18. The van der Waals surface area contributed by atoms with Crippen LogP contribution >= 0.6 is 0 Å². The molecular weight excluding hydrogens is 310 g/mol. The lowest BCUT2D eigenvalue weighted by molar-refractivity contribution is 0.610. The van der Waals surface area contributed by atoms with Crippen LogP contribution in [0.5, 0.6) is 0 Å². The van der Waals surface area contributed by atoms with Gasteiger partial charge in [0, 0.05) is 29.6 Å². The molecule has 4 nitrogen and oxygen atoms in total. The Kier molecular flexibility index (Phi) is 2.95. The summed E-state index contributed by atoms with van der Waals surface area (Å²) in [6, 6.07) is 16.0. The van der Waals surface area contributed by atoms with Crippen LogP contribution < -0.4 is 5.56 Å². The summed E-state index contributed by atoms with van der Waals surface area (Å²) < 4.78 is 4.47. The molecule has 5 rings (SSSR count). The first-order valence-corrected chi connectivity index (χ1v) is 8.53. The molecule has 0 unspecified atom stereocenters. The van der Waals surface area contributed by atoms with Crippen LogP contribution in [0.15, 0.2) is 59.9 Å². The third-order valence-electron chi connectivity index (χ3n) is 5.08. The number of benzene rings is 2. The van der Waals surface area contributed by atoms with Crippen molar-refractivity contribution >= 4 is 27.9 Å². The van der Waals surface area contributed by atoms with Crippen molar-refractivity contribution in [1.82, 2.24) is 14.1 Å². The summed E-state index contributed by atoms with van der Waals surface area (Å²) in [5, 5.41) is 1.83. The van der Waals surface area contributed by atoms with Crippen molar-refractivity contribution < 1.29 is 0 Å². The Hall–Kier alpha value is -3.14. The first-order chi connectivity index (χ1) is 12.3. The first kappa shape index (κ1) is 14.2. The summed E-state index contributed by atoms with van der Waals surface area (Å²) in [6.07, 6.45) is 2.87. The van der Waals surface area contributed by atoms with Crippen molar-refractivity contribution in [3.05, 3.63) is 71.0 Å². The lowest BCUT2D eigenvalue weighted by Crippen LogP contribution is -2.16. The monoisotopic (exact) mass is 327 g/mol. The smallest absolute Gasteiger partial charge is 0.281 e. The predicted octanol–water partition coefficient (Wildman–Crippen LogP) is 4.06. The quantitative estimate of drug-likeness (QED) is 0.529. The number of fused-ring (bicyclic) bond motifs is 7. The molecule has 1 aliphatic heterocycles. The fourth-order valence-corrected chi connectivity index (χ4v) is 4.03. The van der Waals surface area contributed by atoms with Gasteiger partial charge in [0.2, 0.25) is 0 Å². The summed E-state index contributed by atoms with van der Waals surface area (Å²) in [6.45, 7) is 5.76. The van der Waals surface area contributed by atoms with E-state index in [-0.39, 0.29) is 5.56 Å². The van der Waals surface area contributed by atoms with E-state index in [1.807, 2.05) is 42.5 Å². The van der Waals surface area contributed by atoms with Gasteiger partial charge in [0.1, 0.15) is 0 Å². The summed E-state index contributed by atoms with van der Waals surface area (Å²) in [5.41, 5.74) is 4.00. The highest BCUT2D eigenvalue weighted by molar-refractivity contribution is 5.97. The van der Waals surface area contributed by atoms with Gasteiger partial charge in [-0.15, -0.1) is 0 Å². The number of aryl methyl sites for hydroxylation is 2. The van der Waals surface area contributed by atoms with Crippen molar-refractivity contribution in [3.8, 4) is 11.5 Å². The molecule has 0 bridgehead atoms. The highest BCUT2D eigenvalue weighted by atomic mass is 16.1. The van der Waals surface area contributed by atoms with Gasteiger partial charge in [-0.25, -0.2) is 0 Å². The molecule has 122 valence electrons. The average Bonchev–Trinajstić information content (AvgIpc) is 2.84. The Morgan fingerprint density at radius 2 is 1.56 bits per heavy atom. The fourth-order valence-electron chi connectivity index (χ4n) is 4.03. The van der Waals surface area contributed by atoms with E-state index in [2.05, 4.69) is 32.8 Å². The van der Waals surface area contributed by atoms with Crippen molar-refractivity contribution in [2.45, 2.75) is 19.5 Å².